The van der Waals surface area contributed by atoms with Crippen LogP contribution < -0.4 is 10.3 Å². The number of benzene rings is 2. The van der Waals surface area contributed by atoms with Crippen LogP contribution in [-0.2, 0) is 11.3 Å². The predicted octanol–water partition coefficient (Wildman–Crippen LogP) is 3.77. The van der Waals surface area contributed by atoms with Gasteiger partial charge in [-0.15, -0.1) is 0 Å². The van der Waals surface area contributed by atoms with Gasteiger partial charge >= 0.3 is 0 Å². The van der Waals surface area contributed by atoms with E-state index in [2.05, 4.69) is 27.6 Å². The molecule has 1 aliphatic rings. The summed E-state index contributed by atoms with van der Waals surface area (Å²) < 4.78 is 0. The molecule has 0 bridgehead atoms. The number of hydrogen-bond donors (Lipinski definition) is 1. The zero-order valence-electron chi connectivity index (χ0n) is 16.4. The van der Waals surface area contributed by atoms with Crippen molar-refractivity contribution >= 4 is 29.4 Å². The number of rotatable bonds is 6. The Hall–Kier alpha value is -2.37. The van der Waals surface area contributed by atoms with Gasteiger partial charge < -0.3 is 4.90 Å². The summed E-state index contributed by atoms with van der Waals surface area (Å²) in [5.74, 6) is 0.0297. The van der Waals surface area contributed by atoms with E-state index in [1.807, 2.05) is 55.4 Å². The monoisotopic (exact) mass is 398 g/mol. The lowest BCUT2D eigenvalue weighted by atomic mass is 9.96. The molecule has 1 N–H and O–H groups in total. The van der Waals surface area contributed by atoms with Crippen LogP contribution in [0.25, 0.3) is 0 Å². The summed E-state index contributed by atoms with van der Waals surface area (Å²) in [5, 5.41) is 4.88. The number of hydrazone groups is 1. The van der Waals surface area contributed by atoms with Crippen LogP contribution in [0.1, 0.15) is 24.0 Å². The molecule has 0 aromatic heterocycles. The molecule has 148 valence electrons. The quantitative estimate of drug-likeness (QED) is 0.595. The second-order valence-electron chi connectivity index (χ2n) is 7.40. The summed E-state index contributed by atoms with van der Waals surface area (Å²) in [6.45, 7) is 2.72. The molecule has 1 amide bonds. The van der Waals surface area contributed by atoms with Crippen molar-refractivity contribution in [2.24, 2.45) is 11.0 Å². The fraction of sp³-hybridized carbons (Fsp3) is 0.364. The Morgan fingerprint density at radius 1 is 1.14 bits per heavy atom. The van der Waals surface area contributed by atoms with Gasteiger partial charge in [-0.25, -0.2) is 5.43 Å². The first kappa shape index (κ1) is 20.4. The van der Waals surface area contributed by atoms with E-state index in [4.69, 9.17) is 11.6 Å². The molecule has 0 radical (unpaired) electrons. The van der Waals surface area contributed by atoms with Gasteiger partial charge in [0.15, 0.2) is 0 Å². The Bertz CT molecular complexity index is 794. The van der Waals surface area contributed by atoms with Crippen molar-refractivity contribution in [2.75, 3.05) is 32.1 Å². The van der Waals surface area contributed by atoms with Crippen molar-refractivity contribution in [2.45, 2.75) is 19.4 Å². The third-order valence-electron chi connectivity index (χ3n) is 5.08. The van der Waals surface area contributed by atoms with Crippen LogP contribution >= 0.6 is 11.6 Å². The highest BCUT2D eigenvalue weighted by Gasteiger charge is 2.24. The normalized spacial score (nSPS) is 15.7. The summed E-state index contributed by atoms with van der Waals surface area (Å²) in [4.78, 5) is 16.8. The van der Waals surface area contributed by atoms with Crippen LogP contribution in [0.3, 0.4) is 0 Å². The summed E-state index contributed by atoms with van der Waals surface area (Å²) in [6.07, 6.45) is 3.39. The molecule has 0 saturated carbocycles. The number of likely N-dealkylation sites (tertiary alicyclic amines) is 1. The number of nitrogens with zero attached hydrogens (tertiary/aromatic N) is 3. The predicted molar refractivity (Wildman–Crippen MR) is 116 cm³/mol. The van der Waals surface area contributed by atoms with E-state index < -0.39 is 0 Å². The Morgan fingerprint density at radius 2 is 1.79 bits per heavy atom. The average molecular weight is 399 g/mol. The summed E-state index contributed by atoms with van der Waals surface area (Å²) >= 11 is 5.94. The maximum Gasteiger partial charge on any atom is 0.243 e. The Morgan fingerprint density at radius 3 is 2.39 bits per heavy atom. The average Bonchev–Trinajstić information content (AvgIpc) is 2.70. The fourth-order valence-electron chi connectivity index (χ4n) is 3.32. The minimum Gasteiger partial charge on any atom is -0.378 e. The maximum atomic E-state index is 12.4. The van der Waals surface area contributed by atoms with E-state index in [9.17, 15) is 4.79 Å². The first-order valence-corrected chi connectivity index (χ1v) is 9.96. The van der Waals surface area contributed by atoms with Crippen LogP contribution in [-0.4, -0.2) is 44.2 Å². The third kappa shape index (κ3) is 5.81. The third-order valence-corrected chi connectivity index (χ3v) is 5.33. The molecule has 0 spiro atoms. The molecule has 0 unspecified atom stereocenters. The van der Waals surface area contributed by atoms with Gasteiger partial charge in [-0.1, -0.05) is 35.9 Å². The second kappa shape index (κ2) is 9.71. The zero-order chi connectivity index (χ0) is 19.9. The van der Waals surface area contributed by atoms with E-state index in [0.29, 0.717) is 0 Å². The molecule has 1 fully saturated rings. The van der Waals surface area contributed by atoms with E-state index in [1.54, 1.807) is 6.21 Å². The van der Waals surface area contributed by atoms with E-state index in [1.165, 1.54) is 5.56 Å². The first-order chi connectivity index (χ1) is 13.5. The van der Waals surface area contributed by atoms with Gasteiger partial charge in [-0.05, 0) is 61.3 Å². The number of carbonyl (C=O) groups excluding carboxylic acids is 1. The summed E-state index contributed by atoms with van der Waals surface area (Å²) in [7, 11) is 4.01. The maximum absolute atomic E-state index is 12.4. The van der Waals surface area contributed by atoms with Crippen LogP contribution in [0.5, 0.6) is 0 Å². The summed E-state index contributed by atoms with van der Waals surface area (Å²) in [6, 6.07) is 16.0. The van der Waals surface area contributed by atoms with Crippen molar-refractivity contribution < 1.29 is 4.79 Å². The van der Waals surface area contributed by atoms with Gasteiger partial charge in [0.1, 0.15) is 0 Å². The Kier molecular flexibility index (Phi) is 7.06. The number of anilines is 1. The van der Waals surface area contributed by atoms with Gasteiger partial charge in [-0.2, -0.15) is 5.10 Å². The van der Waals surface area contributed by atoms with E-state index in [0.717, 1.165) is 48.7 Å². The second-order valence-corrected chi connectivity index (χ2v) is 7.83. The molecule has 2 aromatic carbocycles. The summed E-state index contributed by atoms with van der Waals surface area (Å²) in [5.41, 5.74) is 6.04. The topological polar surface area (TPSA) is 47.9 Å². The lowest BCUT2D eigenvalue weighted by Crippen LogP contribution is -2.39. The standard InChI is InChI=1S/C22H27ClN4O/c1-26(2)21-9-5-17(6-10-21)15-24-25-22(28)19-11-13-27(14-12-19)16-18-3-7-20(23)8-4-18/h3-10,15,19H,11-14,16H2,1-2H3,(H,25,28). The van der Waals surface area contributed by atoms with E-state index >= 15 is 0 Å². The lowest BCUT2D eigenvalue weighted by molar-refractivity contribution is -0.126. The number of piperidine rings is 1. The highest BCUT2D eigenvalue weighted by Crippen LogP contribution is 2.20. The molecule has 5 nitrogen and oxygen atoms in total. The molecule has 3 rings (SSSR count). The van der Waals surface area contributed by atoms with Crippen molar-refractivity contribution in [3.8, 4) is 0 Å². The molecule has 1 saturated heterocycles. The van der Waals surface area contributed by atoms with Crippen LogP contribution in [0.4, 0.5) is 5.69 Å². The van der Waals surface area contributed by atoms with Gasteiger partial charge in [0, 0.05) is 37.3 Å². The van der Waals surface area contributed by atoms with Crippen molar-refractivity contribution in [1.82, 2.24) is 10.3 Å². The number of hydrogen-bond acceptors (Lipinski definition) is 4. The van der Waals surface area contributed by atoms with Gasteiger partial charge in [0.25, 0.3) is 0 Å². The molecule has 2 aromatic rings. The van der Waals surface area contributed by atoms with Gasteiger partial charge in [0.05, 0.1) is 6.21 Å². The largest absolute Gasteiger partial charge is 0.378 e. The van der Waals surface area contributed by atoms with Crippen molar-refractivity contribution in [3.63, 3.8) is 0 Å². The molecule has 1 aliphatic heterocycles. The molecular weight excluding hydrogens is 372 g/mol. The van der Waals surface area contributed by atoms with Crippen LogP contribution in [0.2, 0.25) is 5.02 Å². The van der Waals surface area contributed by atoms with Crippen molar-refractivity contribution in [1.29, 1.82) is 0 Å². The number of halogens is 1. The first-order valence-electron chi connectivity index (χ1n) is 9.58. The highest BCUT2D eigenvalue weighted by molar-refractivity contribution is 6.30. The minimum atomic E-state index is 0.00676. The molecule has 28 heavy (non-hydrogen) atoms. The molecule has 0 aliphatic carbocycles. The Labute approximate surface area is 172 Å². The van der Waals surface area contributed by atoms with Crippen molar-refractivity contribution in [3.05, 3.63) is 64.7 Å². The van der Waals surface area contributed by atoms with Crippen LogP contribution in [0.15, 0.2) is 53.6 Å². The lowest BCUT2D eigenvalue weighted by Gasteiger charge is -2.30. The molecule has 0 atom stereocenters. The van der Waals surface area contributed by atoms with Gasteiger partial charge in [-0.3, -0.25) is 9.69 Å². The SMILES string of the molecule is CN(C)c1ccc(C=NNC(=O)C2CCN(Cc3ccc(Cl)cc3)CC2)cc1. The number of carbonyl (C=O) groups is 1. The smallest absolute Gasteiger partial charge is 0.243 e. The zero-order valence-corrected chi connectivity index (χ0v) is 17.2. The number of nitrogens with one attached hydrogen (secondary N) is 1. The fourth-order valence-corrected chi connectivity index (χ4v) is 3.45. The van der Waals surface area contributed by atoms with Gasteiger partial charge in [0.2, 0.25) is 5.91 Å². The number of amides is 1. The van der Waals surface area contributed by atoms with E-state index in [-0.39, 0.29) is 11.8 Å². The minimum absolute atomic E-state index is 0.00676. The molecule has 1 heterocycles. The molecule has 6 heteroatoms. The highest BCUT2D eigenvalue weighted by atomic mass is 35.5. The Balaban J connectivity index is 1.42. The van der Waals surface area contributed by atoms with Crippen LogP contribution in [0, 0.1) is 5.92 Å². The molecular formula is C22H27ClN4O.